The van der Waals surface area contributed by atoms with Crippen molar-refractivity contribution in [3.63, 3.8) is 0 Å². The quantitative estimate of drug-likeness (QED) is 0.160. The molecule has 0 atom stereocenters. The van der Waals surface area contributed by atoms with Gasteiger partial charge in [-0.2, -0.15) is 0 Å². The molecule has 12 rings (SSSR count). The highest BCUT2D eigenvalue weighted by molar-refractivity contribution is 7.26. The van der Waals surface area contributed by atoms with Crippen molar-refractivity contribution in [2.75, 3.05) is 4.90 Å². The monoisotopic (exact) mass is 795 g/mol. The lowest BCUT2D eigenvalue weighted by atomic mass is 9.96. The number of fused-ring (bicyclic) bond motifs is 7. The highest BCUT2D eigenvalue weighted by Crippen LogP contribution is 2.47. The van der Waals surface area contributed by atoms with Gasteiger partial charge in [0.1, 0.15) is 11.2 Å². The zero-order valence-corrected chi connectivity index (χ0v) is 33.9. The van der Waals surface area contributed by atoms with Crippen LogP contribution in [-0.2, 0) is 0 Å². The van der Waals surface area contributed by atoms with E-state index in [0.29, 0.717) is 0 Å². The van der Waals surface area contributed by atoms with Crippen molar-refractivity contribution < 1.29 is 4.42 Å². The van der Waals surface area contributed by atoms with Gasteiger partial charge in [-0.25, -0.2) is 0 Å². The third-order valence-electron chi connectivity index (χ3n) is 12.1. The van der Waals surface area contributed by atoms with Crippen LogP contribution in [0.15, 0.2) is 229 Å². The van der Waals surface area contributed by atoms with Crippen LogP contribution in [0.1, 0.15) is 0 Å². The molecule has 0 bridgehead atoms. The topological polar surface area (TPSA) is 16.4 Å². The lowest BCUT2D eigenvalue weighted by Gasteiger charge is -2.28. The normalized spacial score (nSPS) is 11.6. The number of rotatable bonds is 7. The summed E-state index contributed by atoms with van der Waals surface area (Å²) in [5.41, 5.74) is 14.5. The van der Waals surface area contributed by atoms with Gasteiger partial charge < -0.3 is 9.32 Å². The molecule has 10 aromatic carbocycles. The highest BCUT2D eigenvalue weighted by Gasteiger charge is 2.21. The first kappa shape index (κ1) is 35.2. The predicted molar refractivity (Wildman–Crippen MR) is 261 cm³/mol. The van der Waals surface area contributed by atoms with Crippen LogP contribution in [0.25, 0.3) is 97.4 Å². The molecule has 0 spiro atoms. The Morgan fingerprint density at radius 2 is 0.934 bits per heavy atom. The summed E-state index contributed by atoms with van der Waals surface area (Å²) in [5.74, 6) is 0. The van der Waals surface area contributed by atoms with Crippen molar-refractivity contribution >= 4 is 81.3 Å². The summed E-state index contributed by atoms with van der Waals surface area (Å²) in [4.78, 5) is 2.42. The summed E-state index contributed by atoms with van der Waals surface area (Å²) in [5, 5.41) is 7.37. The summed E-state index contributed by atoms with van der Waals surface area (Å²) in [6, 6.07) is 81.1. The van der Waals surface area contributed by atoms with E-state index >= 15 is 0 Å². The Hall–Kier alpha value is -7.72. The van der Waals surface area contributed by atoms with E-state index in [1.165, 1.54) is 58.8 Å². The van der Waals surface area contributed by atoms with E-state index in [1.807, 2.05) is 23.5 Å². The number of furan rings is 1. The first-order chi connectivity index (χ1) is 30.2. The minimum absolute atomic E-state index is 0.904. The van der Waals surface area contributed by atoms with Crippen LogP contribution in [0.5, 0.6) is 0 Å². The summed E-state index contributed by atoms with van der Waals surface area (Å²) >= 11 is 1.87. The average molecular weight is 796 g/mol. The van der Waals surface area contributed by atoms with Gasteiger partial charge in [0.15, 0.2) is 0 Å². The molecule has 0 aliphatic heterocycles. The second-order valence-corrected chi connectivity index (χ2v) is 16.7. The van der Waals surface area contributed by atoms with Gasteiger partial charge in [-0.1, -0.05) is 182 Å². The van der Waals surface area contributed by atoms with Crippen molar-refractivity contribution in [1.29, 1.82) is 0 Å². The number of hydrogen-bond acceptors (Lipinski definition) is 3. The summed E-state index contributed by atoms with van der Waals surface area (Å²) in [6.45, 7) is 0. The Morgan fingerprint density at radius 3 is 1.82 bits per heavy atom. The number of hydrogen-bond donors (Lipinski definition) is 0. The number of nitrogens with zero attached hydrogens (tertiary/aromatic N) is 1. The Morgan fingerprint density at radius 1 is 0.344 bits per heavy atom. The summed E-state index contributed by atoms with van der Waals surface area (Å²) < 4.78 is 9.07. The Balaban J connectivity index is 0.997. The van der Waals surface area contributed by atoms with Gasteiger partial charge in [-0.3, -0.25) is 0 Å². The first-order valence-electron chi connectivity index (χ1n) is 20.7. The molecule has 3 heteroatoms. The maximum Gasteiger partial charge on any atom is 0.143 e. The highest BCUT2D eigenvalue weighted by atomic mass is 32.1. The van der Waals surface area contributed by atoms with Gasteiger partial charge in [0, 0.05) is 59.0 Å². The minimum atomic E-state index is 0.904. The number of thiophene rings is 1. The van der Waals surface area contributed by atoms with E-state index in [-0.39, 0.29) is 0 Å². The van der Waals surface area contributed by atoms with Crippen LogP contribution in [-0.4, -0.2) is 0 Å². The fourth-order valence-corrected chi connectivity index (χ4v) is 10.4. The van der Waals surface area contributed by atoms with Gasteiger partial charge >= 0.3 is 0 Å². The van der Waals surface area contributed by atoms with E-state index in [2.05, 4.69) is 217 Å². The third kappa shape index (κ3) is 6.01. The third-order valence-corrected chi connectivity index (χ3v) is 13.3. The van der Waals surface area contributed by atoms with Crippen LogP contribution < -0.4 is 4.90 Å². The molecule has 12 aromatic rings. The van der Waals surface area contributed by atoms with Crippen LogP contribution in [0, 0.1) is 0 Å². The molecular weight excluding hydrogens is 759 g/mol. The average Bonchev–Trinajstić information content (AvgIpc) is 3.91. The zero-order valence-electron chi connectivity index (χ0n) is 33.1. The summed E-state index contributed by atoms with van der Waals surface area (Å²) in [6.07, 6.45) is 0. The molecule has 61 heavy (non-hydrogen) atoms. The molecule has 0 amide bonds. The molecule has 0 unspecified atom stereocenters. The molecule has 0 N–H and O–H groups in total. The van der Waals surface area contributed by atoms with Crippen molar-refractivity contribution in [3.8, 4) is 44.5 Å². The SMILES string of the molecule is c1cc(-c2ccc(-c3cccc4ccccc34)cc2)cc(N(c2ccc(-c3cccc4c3oc3ccccc34)cc2)c2ccccc2-c2cccc3c2sc2ccccc23)c1. The van der Waals surface area contributed by atoms with Crippen molar-refractivity contribution in [1.82, 2.24) is 0 Å². The standard InChI is InChI=1S/C58H37NOS/c1-2-17-45-39(13-1)14-10-21-46(45)40-31-29-38(30-32-40)42-15-9-16-44(37-42)59(43-35-33-41(34-36-43)47-22-11-23-51-49-19-4-7-27-55(49)60-57(47)51)54-26-6-3-18-48(54)52-24-12-25-53-50-20-5-8-28-56(50)61-58(52)53/h1-37H. The van der Waals surface area contributed by atoms with Crippen LogP contribution in [0.3, 0.4) is 0 Å². The van der Waals surface area contributed by atoms with Crippen LogP contribution in [0.4, 0.5) is 17.1 Å². The Labute approximate surface area is 357 Å². The predicted octanol–water partition coefficient (Wildman–Crippen LogP) is 17.2. The Bertz CT molecular complexity index is 3590. The maximum absolute atomic E-state index is 6.47. The molecule has 286 valence electrons. The van der Waals surface area contributed by atoms with Crippen molar-refractivity contribution in [3.05, 3.63) is 224 Å². The molecule has 0 aliphatic carbocycles. The smallest absolute Gasteiger partial charge is 0.143 e. The number of para-hydroxylation sites is 3. The molecule has 0 radical (unpaired) electrons. The van der Waals surface area contributed by atoms with Gasteiger partial charge in [0.05, 0.1) is 5.69 Å². The van der Waals surface area contributed by atoms with Gasteiger partial charge in [0.25, 0.3) is 0 Å². The lowest BCUT2D eigenvalue weighted by molar-refractivity contribution is 0.670. The van der Waals surface area contributed by atoms with E-state index < -0.39 is 0 Å². The maximum atomic E-state index is 6.47. The molecule has 0 saturated carbocycles. The molecule has 0 aliphatic rings. The largest absolute Gasteiger partial charge is 0.455 e. The molecule has 2 heterocycles. The Kier molecular flexibility index (Phi) is 8.39. The zero-order chi connectivity index (χ0) is 40.3. The summed E-state index contributed by atoms with van der Waals surface area (Å²) in [7, 11) is 0. The lowest BCUT2D eigenvalue weighted by Crippen LogP contribution is -2.11. The second kappa shape index (κ2) is 14.5. The van der Waals surface area contributed by atoms with E-state index in [1.54, 1.807) is 0 Å². The molecule has 0 fully saturated rings. The second-order valence-electron chi connectivity index (χ2n) is 15.6. The number of anilines is 3. The molecular formula is C58H37NOS. The van der Waals surface area contributed by atoms with Crippen molar-refractivity contribution in [2.45, 2.75) is 0 Å². The van der Waals surface area contributed by atoms with E-state index in [0.717, 1.165) is 55.7 Å². The molecule has 0 saturated heterocycles. The van der Waals surface area contributed by atoms with Crippen molar-refractivity contribution in [2.24, 2.45) is 0 Å². The van der Waals surface area contributed by atoms with Crippen LogP contribution >= 0.6 is 11.3 Å². The van der Waals surface area contributed by atoms with Gasteiger partial charge in [0.2, 0.25) is 0 Å². The molecule has 2 aromatic heterocycles. The van der Waals surface area contributed by atoms with Gasteiger partial charge in [-0.15, -0.1) is 11.3 Å². The van der Waals surface area contributed by atoms with E-state index in [4.69, 9.17) is 4.42 Å². The van der Waals surface area contributed by atoms with E-state index in [9.17, 15) is 0 Å². The number of benzene rings is 10. The van der Waals surface area contributed by atoms with Gasteiger partial charge in [-0.05, 0) is 81.1 Å². The minimum Gasteiger partial charge on any atom is -0.455 e. The molecule has 2 nitrogen and oxygen atoms in total. The fraction of sp³-hybridized carbons (Fsp3) is 0. The fourth-order valence-electron chi connectivity index (χ4n) is 9.19. The first-order valence-corrected chi connectivity index (χ1v) is 21.6. The van der Waals surface area contributed by atoms with Crippen LogP contribution in [0.2, 0.25) is 0 Å².